The predicted molar refractivity (Wildman–Crippen MR) is 132 cm³/mol. The van der Waals surface area contributed by atoms with E-state index in [-0.39, 0.29) is 35.8 Å². The summed E-state index contributed by atoms with van der Waals surface area (Å²) in [5.41, 5.74) is 8.79. The second kappa shape index (κ2) is 8.29. The van der Waals surface area contributed by atoms with Crippen LogP contribution in [-0.4, -0.2) is 74.1 Å². The highest BCUT2D eigenvalue weighted by atomic mass is 16.5. The van der Waals surface area contributed by atoms with Crippen molar-refractivity contribution in [2.75, 3.05) is 13.7 Å². The van der Waals surface area contributed by atoms with E-state index in [0.29, 0.717) is 17.4 Å². The second-order valence-corrected chi connectivity index (χ2v) is 11.1. The summed E-state index contributed by atoms with van der Waals surface area (Å²) < 4.78 is 5.84. The first kappa shape index (κ1) is 24.9. The van der Waals surface area contributed by atoms with Crippen LogP contribution in [0.5, 0.6) is 11.5 Å². The zero-order valence-corrected chi connectivity index (χ0v) is 20.9. The zero-order chi connectivity index (χ0) is 27.3. The van der Waals surface area contributed by atoms with Crippen LogP contribution in [0.15, 0.2) is 28.7 Å². The van der Waals surface area contributed by atoms with Gasteiger partial charge in [0, 0.05) is 34.7 Å². The molecular formula is C27H31N3O8. The van der Waals surface area contributed by atoms with Gasteiger partial charge in [-0.3, -0.25) is 19.3 Å². The molecule has 202 valence electrons. The number of fused-ring (bicyclic) bond motifs is 3. The van der Waals surface area contributed by atoms with Gasteiger partial charge in [-0.25, -0.2) is 0 Å². The number of allylic oxidation sites excluding steroid dienone is 1. The van der Waals surface area contributed by atoms with Crippen LogP contribution in [0, 0.1) is 11.8 Å². The average molecular weight is 526 g/mol. The molecule has 1 aromatic rings. The van der Waals surface area contributed by atoms with Crippen molar-refractivity contribution in [3.8, 4) is 11.5 Å². The molecule has 1 saturated carbocycles. The maximum absolute atomic E-state index is 13.8. The molecule has 5 aliphatic rings. The molecule has 1 saturated heterocycles. The quantitative estimate of drug-likeness (QED) is 0.306. The second-order valence-electron chi connectivity index (χ2n) is 11.1. The van der Waals surface area contributed by atoms with Crippen LogP contribution < -0.4 is 16.2 Å². The Kier molecular flexibility index (Phi) is 5.43. The van der Waals surface area contributed by atoms with Crippen LogP contribution in [-0.2, 0) is 16.0 Å². The van der Waals surface area contributed by atoms with Gasteiger partial charge >= 0.3 is 0 Å². The molecule has 4 aliphatic carbocycles. The van der Waals surface area contributed by atoms with Gasteiger partial charge in [0.15, 0.2) is 11.4 Å². The predicted octanol–water partition coefficient (Wildman–Crippen LogP) is 0.826. The number of Topliss-reactive ketones (excluding diaryl/α,β-unsaturated/α-hetero) is 2. The van der Waals surface area contributed by atoms with Gasteiger partial charge in [0.1, 0.15) is 28.6 Å². The molecule has 2 fully saturated rings. The number of hydrogen-bond acceptors (Lipinski definition) is 10. The van der Waals surface area contributed by atoms with Crippen molar-refractivity contribution < 1.29 is 39.5 Å². The number of methoxy groups -OCH3 is 1. The van der Waals surface area contributed by atoms with Crippen molar-refractivity contribution in [1.82, 2.24) is 4.90 Å². The largest absolute Gasteiger partial charge is 0.510 e. The fourth-order valence-electron chi connectivity index (χ4n) is 7.24. The van der Waals surface area contributed by atoms with Gasteiger partial charge in [0.25, 0.3) is 5.91 Å². The Morgan fingerprint density at radius 1 is 1.18 bits per heavy atom. The van der Waals surface area contributed by atoms with Crippen molar-refractivity contribution in [2.24, 2.45) is 23.3 Å². The summed E-state index contributed by atoms with van der Waals surface area (Å²) in [4.78, 5) is 41.3. The third kappa shape index (κ3) is 3.15. The SMILES string of the molecule is COc1c([C@@H]2CCCN2C2CC2)cc(O)c2c1C[C@H]1C[C@H]3[C@H](N)C(O)=C(C(N)=O)C(=O)[C@@]3(O)C(O)=C1C2=O. The lowest BCUT2D eigenvalue weighted by molar-refractivity contribution is -0.145. The molecule has 38 heavy (non-hydrogen) atoms. The van der Waals surface area contributed by atoms with Crippen molar-refractivity contribution in [1.29, 1.82) is 0 Å². The summed E-state index contributed by atoms with van der Waals surface area (Å²) in [6.45, 7) is 0.954. The topological polar surface area (TPSA) is 197 Å². The van der Waals surface area contributed by atoms with E-state index >= 15 is 0 Å². The third-order valence-electron chi connectivity index (χ3n) is 9.11. The number of nitrogens with two attached hydrogens (primary N) is 2. The number of aliphatic hydroxyl groups excluding tert-OH is 2. The minimum absolute atomic E-state index is 0.0456. The number of carbonyl (C=O) groups excluding carboxylic acids is 3. The van der Waals surface area contributed by atoms with Gasteiger partial charge in [0.2, 0.25) is 5.78 Å². The lowest BCUT2D eigenvalue weighted by Gasteiger charge is -2.47. The smallest absolute Gasteiger partial charge is 0.255 e. The van der Waals surface area contributed by atoms with Crippen LogP contribution in [0.3, 0.4) is 0 Å². The summed E-state index contributed by atoms with van der Waals surface area (Å²) in [5.74, 6) is -6.71. The summed E-state index contributed by atoms with van der Waals surface area (Å²) in [6, 6.07) is 0.718. The van der Waals surface area contributed by atoms with E-state index in [2.05, 4.69) is 4.90 Å². The molecular weight excluding hydrogens is 494 g/mol. The maximum atomic E-state index is 13.8. The Hall–Kier alpha value is -3.41. The van der Waals surface area contributed by atoms with Crippen LogP contribution >= 0.6 is 0 Å². The molecule has 1 aliphatic heterocycles. The Labute approximate surface area is 218 Å². The number of likely N-dealkylation sites (tertiary alicyclic amines) is 1. The van der Waals surface area contributed by atoms with Gasteiger partial charge in [-0.1, -0.05) is 0 Å². The number of phenolic OH excluding ortho intramolecular Hbond substituents is 1. The number of aliphatic hydroxyl groups is 3. The Morgan fingerprint density at radius 3 is 2.53 bits per heavy atom. The van der Waals surface area contributed by atoms with E-state index in [9.17, 15) is 34.8 Å². The highest BCUT2D eigenvalue weighted by Crippen LogP contribution is 2.54. The average Bonchev–Trinajstić information content (AvgIpc) is 3.60. The molecule has 1 heterocycles. The van der Waals surface area contributed by atoms with Gasteiger partial charge in [-0.15, -0.1) is 0 Å². The van der Waals surface area contributed by atoms with E-state index in [0.717, 1.165) is 37.8 Å². The number of amides is 1. The standard InChI is InChI=1S/C27H31N3O8/c1-38-23-12(15-3-2-6-30(15)11-4-5-11)9-16(31)18-13(23)7-10-8-14-20(28)22(33)19(26(29)36)25(35)27(14,37)24(34)17(10)21(18)32/h9-11,14-15,20,31,33-34,37H,2-8,28H2,1H3,(H2,29,36)/t10-,14-,15-,20-,27-/m0/s1. The molecule has 11 nitrogen and oxygen atoms in total. The van der Waals surface area contributed by atoms with E-state index < -0.39 is 58.0 Å². The van der Waals surface area contributed by atoms with E-state index in [1.807, 2.05) is 0 Å². The highest BCUT2D eigenvalue weighted by molar-refractivity contribution is 6.24. The number of carbonyl (C=O) groups is 3. The van der Waals surface area contributed by atoms with Gasteiger partial charge < -0.3 is 36.6 Å². The van der Waals surface area contributed by atoms with Gasteiger partial charge in [0.05, 0.1) is 18.7 Å². The first-order chi connectivity index (χ1) is 18.0. The summed E-state index contributed by atoms with van der Waals surface area (Å²) in [6.07, 6.45) is 4.30. The maximum Gasteiger partial charge on any atom is 0.255 e. The molecule has 0 unspecified atom stereocenters. The summed E-state index contributed by atoms with van der Waals surface area (Å²) in [7, 11) is 1.52. The third-order valence-corrected chi connectivity index (χ3v) is 9.11. The van der Waals surface area contributed by atoms with Crippen LogP contribution in [0.2, 0.25) is 0 Å². The Balaban J connectivity index is 1.49. The molecule has 11 heteroatoms. The summed E-state index contributed by atoms with van der Waals surface area (Å²) >= 11 is 0. The van der Waals surface area contributed by atoms with Crippen LogP contribution in [0.4, 0.5) is 0 Å². The minimum Gasteiger partial charge on any atom is -0.510 e. The number of rotatable bonds is 4. The van der Waals surface area contributed by atoms with E-state index in [1.165, 1.54) is 7.11 Å². The number of primary amides is 1. The lowest BCUT2D eigenvalue weighted by Crippen LogP contribution is -2.63. The summed E-state index contributed by atoms with van der Waals surface area (Å²) in [5, 5.41) is 44.3. The minimum atomic E-state index is -2.72. The number of ether oxygens (including phenoxy) is 1. The monoisotopic (exact) mass is 525 g/mol. The highest BCUT2D eigenvalue weighted by Gasteiger charge is 2.62. The zero-order valence-electron chi connectivity index (χ0n) is 20.9. The Morgan fingerprint density at radius 2 is 1.89 bits per heavy atom. The van der Waals surface area contributed by atoms with E-state index in [4.69, 9.17) is 16.2 Å². The molecule has 1 amide bonds. The molecule has 5 atom stereocenters. The first-order valence-corrected chi connectivity index (χ1v) is 12.9. The van der Waals surface area contributed by atoms with Crippen molar-refractivity contribution in [3.63, 3.8) is 0 Å². The van der Waals surface area contributed by atoms with Gasteiger partial charge in [-0.2, -0.15) is 0 Å². The number of aromatic hydroxyl groups is 1. The molecule has 8 N–H and O–H groups in total. The van der Waals surface area contributed by atoms with Crippen molar-refractivity contribution in [3.05, 3.63) is 45.4 Å². The number of ketones is 2. The number of benzene rings is 1. The molecule has 1 aromatic carbocycles. The van der Waals surface area contributed by atoms with Gasteiger partial charge in [-0.05, 0) is 57.1 Å². The van der Waals surface area contributed by atoms with Crippen molar-refractivity contribution in [2.45, 2.75) is 62.3 Å². The first-order valence-electron chi connectivity index (χ1n) is 12.9. The van der Waals surface area contributed by atoms with E-state index in [1.54, 1.807) is 6.07 Å². The lowest BCUT2D eigenvalue weighted by atomic mass is 9.59. The van der Waals surface area contributed by atoms with Crippen LogP contribution in [0.1, 0.15) is 59.6 Å². The Bertz CT molecular complexity index is 1360. The molecule has 6 rings (SSSR count). The molecule has 0 radical (unpaired) electrons. The normalized spacial score (nSPS) is 33.2. The fraction of sp³-hybridized carbons (Fsp3) is 0.519. The fourth-order valence-corrected chi connectivity index (χ4v) is 7.24. The molecule has 0 spiro atoms. The number of phenols is 1. The molecule has 0 aromatic heterocycles. The molecule has 0 bridgehead atoms. The number of nitrogens with zero attached hydrogens (tertiary/aromatic N) is 1. The van der Waals surface area contributed by atoms with Crippen molar-refractivity contribution >= 4 is 17.5 Å². The number of hydrogen-bond donors (Lipinski definition) is 6. The van der Waals surface area contributed by atoms with Crippen LogP contribution in [0.25, 0.3) is 0 Å².